The van der Waals surface area contributed by atoms with Crippen molar-refractivity contribution in [3.63, 3.8) is 0 Å². The first-order valence-electron chi connectivity index (χ1n) is 13.7. The molecule has 0 saturated heterocycles. The number of hydrogen-bond donors (Lipinski definition) is 3. The average molecular weight is 559 g/mol. The molecule has 3 N–H and O–H groups in total. The molecule has 0 aliphatic rings. The number of carbonyl (C=O) groups is 1. The predicted molar refractivity (Wildman–Crippen MR) is 154 cm³/mol. The molecule has 0 radical (unpaired) electrons. The van der Waals surface area contributed by atoms with Crippen LogP contribution >= 0.6 is 11.3 Å². The quantitative estimate of drug-likeness (QED) is 0.233. The number of rotatable bonds is 15. The molecule has 3 aromatic rings. The number of benzene rings is 2. The highest BCUT2D eigenvalue weighted by Crippen LogP contribution is 2.27. The van der Waals surface area contributed by atoms with Gasteiger partial charge < -0.3 is 20.6 Å². The van der Waals surface area contributed by atoms with Gasteiger partial charge in [-0.05, 0) is 61.4 Å². The Hall–Kier alpha value is -2.88. The summed E-state index contributed by atoms with van der Waals surface area (Å²) in [6.45, 7) is 10.5. The molecule has 1 heterocycles. The molecule has 3 rings (SSSR count). The Morgan fingerprint density at radius 2 is 1.69 bits per heavy atom. The molecule has 2 atom stereocenters. The Kier molecular flexibility index (Phi) is 11.8. The van der Waals surface area contributed by atoms with Gasteiger partial charge in [0.15, 0.2) is 5.13 Å². The zero-order chi connectivity index (χ0) is 28.4. The number of nitrogens with zero attached hydrogens (tertiary/aromatic N) is 2. The van der Waals surface area contributed by atoms with Gasteiger partial charge in [-0.2, -0.15) is 0 Å². The number of thiazole rings is 1. The Bertz CT molecular complexity index is 1190. The molecular formula is C30H40F2N4O2S. The van der Waals surface area contributed by atoms with Crippen LogP contribution in [-0.4, -0.2) is 47.8 Å². The minimum absolute atomic E-state index is 0.0666. The smallest absolute Gasteiger partial charge is 0.263 e. The zero-order valence-electron chi connectivity index (χ0n) is 23.3. The van der Waals surface area contributed by atoms with Gasteiger partial charge in [0.2, 0.25) is 0 Å². The number of halogens is 2. The van der Waals surface area contributed by atoms with Crippen molar-refractivity contribution in [3.05, 3.63) is 81.4 Å². The van der Waals surface area contributed by atoms with E-state index in [0.29, 0.717) is 22.7 Å². The van der Waals surface area contributed by atoms with Gasteiger partial charge in [-0.3, -0.25) is 4.79 Å². The summed E-state index contributed by atoms with van der Waals surface area (Å²) < 4.78 is 27.8. The highest BCUT2D eigenvalue weighted by Gasteiger charge is 2.26. The summed E-state index contributed by atoms with van der Waals surface area (Å²) in [6.07, 6.45) is 1.93. The Morgan fingerprint density at radius 3 is 2.33 bits per heavy atom. The SMILES string of the molecule is CCCN(CCC)c1nc(C)c(C(=O)N[C@@H](Cc2cc(F)cc(F)c2)[C@@H](O)CNCc2cccc(CC)c2)s1. The molecule has 1 aromatic heterocycles. The van der Waals surface area contributed by atoms with Crippen LogP contribution in [0.2, 0.25) is 0 Å². The van der Waals surface area contributed by atoms with Crippen molar-refractivity contribution in [3.8, 4) is 0 Å². The van der Waals surface area contributed by atoms with Crippen molar-refractivity contribution in [1.82, 2.24) is 15.6 Å². The third-order valence-corrected chi connectivity index (χ3v) is 7.71. The molecule has 0 spiro atoms. The summed E-state index contributed by atoms with van der Waals surface area (Å²) in [5, 5.41) is 18.1. The van der Waals surface area contributed by atoms with Crippen molar-refractivity contribution < 1.29 is 18.7 Å². The van der Waals surface area contributed by atoms with Crippen molar-refractivity contribution in [2.45, 2.75) is 72.1 Å². The number of carbonyl (C=O) groups excluding carboxylic acids is 1. The lowest BCUT2D eigenvalue weighted by atomic mass is 10.00. The second-order valence-corrected chi connectivity index (χ2v) is 10.8. The fourth-order valence-electron chi connectivity index (χ4n) is 4.54. The molecule has 39 heavy (non-hydrogen) atoms. The van der Waals surface area contributed by atoms with Gasteiger partial charge in [-0.25, -0.2) is 13.8 Å². The molecule has 212 valence electrons. The van der Waals surface area contributed by atoms with Gasteiger partial charge >= 0.3 is 0 Å². The molecular weight excluding hydrogens is 518 g/mol. The molecule has 6 nitrogen and oxygen atoms in total. The first kappa shape index (κ1) is 30.7. The molecule has 9 heteroatoms. The summed E-state index contributed by atoms with van der Waals surface area (Å²) in [5.74, 6) is -1.76. The molecule has 0 bridgehead atoms. The van der Waals surface area contributed by atoms with Gasteiger partial charge in [0.25, 0.3) is 5.91 Å². The van der Waals surface area contributed by atoms with Gasteiger partial charge in [-0.1, -0.05) is 56.4 Å². The second kappa shape index (κ2) is 15.1. The first-order chi connectivity index (χ1) is 18.7. The molecule has 1 amide bonds. The van der Waals surface area contributed by atoms with E-state index in [1.54, 1.807) is 6.92 Å². The second-order valence-electron chi connectivity index (χ2n) is 9.83. The number of aryl methyl sites for hydroxylation is 2. The molecule has 0 aliphatic carbocycles. The highest BCUT2D eigenvalue weighted by molar-refractivity contribution is 7.17. The summed E-state index contributed by atoms with van der Waals surface area (Å²) in [5.41, 5.74) is 3.28. The van der Waals surface area contributed by atoms with E-state index in [2.05, 4.69) is 53.4 Å². The Labute approximate surface area is 234 Å². The van der Waals surface area contributed by atoms with E-state index in [1.807, 2.05) is 12.1 Å². The number of amides is 1. The Morgan fingerprint density at radius 1 is 1.03 bits per heavy atom. The van der Waals surface area contributed by atoms with E-state index in [0.717, 1.165) is 49.1 Å². The van der Waals surface area contributed by atoms with Crippen molar-refractivity contribution in [2.75, 3.05) is 24.5 Å². The minimum atomic E-state index is -1.00. The highest BCUT2D eigenvalue weighted by atomic mass is 32.1. The first-order valence-corrected chi connectivity index (χ1v) is 14.5. The lowest BCUT2D eigenvalue weighted by molar-refractivity contribution is 0.0833. The standard InChI is InChI=1S/C30H40F2N4O2S/c1-5-11-36(12-6-2)30-34-20(4)28(39-30)29(38)35-26(16-23-14-24(31)17-25(32)15-23)27(37)19-33-18-22-10-8-9-21(7-3)13-22/h8-10,13-15,17,26-27,33,37H,5-7,11-12,16,18-19H2,1-4H3,(H,35,38)/t26-,27-/m0/s1. The van der Waals surface area contributed by atoms with Gasteiger partial charge in [0.05, 0.1) is 17.8 Å². The van der Waals surface area contributed by atoms with Crippen LogP contribution in [0.3, 0.4) is 0 Å². The monoisotopic (exact) mass is 558 g/mol. The van der Waals surface area contributed by atoms with Crippen LogP contribution < -0.4 is 15.5 Å². The van der Waals surface area contributed by atoms with Crippen molar-refractivity contribution in [1.29, 1.82) is 0 Å². The minimum Gasteiger partial charge on any atom is -0.390 e. The van der Waals surface area contributed by atoms with Gasteiger partial charge in [0.1, 0.15) is 16.5 Å². The molecule has 2 aromatic carbocycles. The molecule has 0 aliphatic heterocycles. The van der Waals surface area contributed by atoms with E-state index >= 15 is 0 Å². The van der Waals surface area contributed by atoms with Gasteiger partial charge in [-0.15, -0.1) is 0 Å². The van der Waals surface area contributed by atoms with E-state index in [-0.39, 0.29) is 18.9 Å². The van der Waals surface area contributed by atoms with Crippen LogP contribution in [0.4, 0.5) is 13.9 Å². The number of anilines is 1. The van der Waals surface area contributed by atoms with E-state index in [4.69, 9.17) is 0 Å². The number of nitrogens with one attached hydrogen (secondary N) is 2. The Balaban J connectivity index is 1.76. The van der Waals surface area contributed by atoms with Crippen LogP contribution in [0.1, 0.15) is 65.7 Å². The predicted octanol–water partition coefficient (Wildman–Crippen LogP) is 5.41. The van der Waals surface area contributed by atoms with Crippen LogP contribution in [0, 0.1) is 18.6 Å². The maximum atomic E-state index is 13.9. The lowest BCUT2D eigenvalue weighted by Gasteiger charge is -2.25. The fourth-order valence-corrected chi connectivity index (χ4v) is 5.56. The lowest BCUT2D eigenvalue weighted by Crippen LogP contribution is -2.48. The molecule has 0 unspecified atom stereocenters. The summed E-state index contributed by atoms with van der Waals surface area (Å²) >= 11 is 1.32. The summed E-state index contributed by atoms with van der Waals surface area (Å²) in [7, 11) is 0. The van der Waals surface area contributed by atoms with Crippen LogP contribution in [0.5, 0.6) is 0 Å². The average Bonchev–Trinajstić information content (AvgIpc) is 3.29. The van der Waals surface area contributed by atoms with Crippen LogP contribution in [0.25, 0.3) is 0 Å². The maximum absolute atomic E-state index is 13.9. The van der Waals surface area contributed by atoms with Crippen molar-refractivity contribution >= 4 is 22.4 Å². The van der Waals surface area contributed by atoms with Crippen LogP contribution in [-0.2, 0) is 19.4 Å². The number of aromatic nitrogens is 1. The van der Waals surface area contributed by atoms with E-state index < -0.39 is 23.8 Å². The molecule has 0 saturated carbocycles. The number of aliphatic hydroxyl groups is 1. The number of hydrogen-bond acceptors (Lipinski definition) is 6. The summed E-state index contributed by atoms with van der Waals surface area (Å²) in [4.78, 5) is 20.7. The third-order valence-electron chi connectivity index (χ3n) is 6.49. The maximum Gasteiger partial charge on any atom is 0.263 e. The van der Waals surface area contributed by atoms with E-state index in [9.17, 15) is 18.7 Å². The van der Waals surface area contributed by atoms with E-state index in [1.165, 1.54) is 29.0 Å². The largest absolute Gasteiger partial charge is 0.390 e. The van der Waals surface area contributed by atoms with Crippen LogP contribution in [0.15, 0.2) is 42.5 Å². The van der Waals surface area contributed by atoms with Crippen molar-refractivity contribution in [2.24, 2.45) is 0 Å². The molecule has 0 fully saturated rings. The third kappa shape index (κ3) is 9.08. The zero-order valence-corrected chi connectivity index (χ0v) is 24.1. The van der Waals surface area contributed by atoms with Gasteiger partial charge in [0, 0.05) is 32.2 Å². The fraction of sp³-hybridized carbons (Fsp3) is 0.467. The normalized spacial score (nSPS) is 12.8. The number of aliphatic hydroxyl groups excluding tert-OH is 1. The summed E-state index contributed by atoms with van der Waals surface area (Å²) in [6, 6.07) is 10.7. The topological polar surface area (TPSA) is 77.5 Å².